The number of fused-ring (bicyclic) bond motifs is 6. The number of para-hydroxylation sites is 2. The van der Waals surface area contributed by atoms with E-state index in [1.54, 1.807) is 0 Å². The Hall–Kier alpha value is -9.19. The van der Waals surface area contributed by atoms with E-state index in [4.69, 9.17) is 15.0 Å². The molecule has 0 aliphatic carbocycles. The van der Waals surface area contributed by atoms with Gasteiger partial charge in [-0.3, -0.25) is 0 Å². The van der Waals surface area contributed by atoms with Gasteiger partial charge in [-0.15, -0.1) is 0 Å². The van der Waals surface area contributed by atoms with E-state index in [2.05, 4.69) is 221 Å². The lowest BCUT2D eigenvalue weighted by molar-refractivity contribution is 1.06. The highest BCUT2D eigenvalue weighted by molar-refractivity contribution is 6.25. The molecule has 5 heteroatoms. The molecule has 0 radical (unpaired) electrons. The van der Waals surface area contributed by atoms with Gasteiger partial charge < -0.3 is 9.13 Å². The van der Waals surface area contributed by atoms with Crippen molar-refractivity contribution in [2.24, 2.45) is 0 Å². The number of aromatic nitrogens is 5. The zero-order valence-corrected chi connectivity index (χ0v) is 36.9. The Balaban J connectivity index is 1.16. The fourth-order valence-electron chi connectivity index (χ4n) is 10.2. The summed E-state index contributed by atoms with van der Waals surface area (Å²) in [6, 6.07) is 88.3. The van der Waals surface area contributed by atoms with Crippen molar-refractivity contribution < 1.29 is 0 Å². The van der Waals surface area contributed by atoms with E-state index in [9.17, 15) is 0 Å². The molecule has 13 aromatic rings. The zero-order chi connectivity index (χ0) is 45.0. The third-order valence-corrected chi connectivity index (χ3v) is 13.2. The Bertz CT molecular complexity index is 3930. The SMILES string of the molecule is c1ccc(-c2ccc(-c3nc(-c4ccccc4)nc(-c4ccccc4)n3)c(-n3c4cccc(-c5ccccc5)c4c4c(-c5cccc6c5c5ccccc5n6-c5ccccc5)cccc43)c2)cc1. The van der Waals surface area contributed by atoms with Crippen LogP contribution in [0, 0.1) is 0 Å². The van der Waals surface area contributed by atoms with Gasteiger partial charge in [0.25, 0.3) is 0 Å². The fraction of sp³-hybridized carbons (Fsp3) is 0. The predicted molar refractivity (Wildman–Crippen MR) is 281 cm³/mol. The summed E-state index contributed by atoms with van der Waals surface area (Å²) in [6.45, 7) is 0. The molecule has 0 aliphatic rings. The number of rotatable bonds is 8. The van der Waals surface area contributed by atoms with Gasteiger partial charge in [0.1, 0.15) is 0 Å². The molecule has 3 heterocycles. The summed E-state index contributed by atoms with van der Waals surface area (Å²) in [4.78, 5) is 15.7. The van der Waals surface area contributed by atoms with Crippen LogP contribution in [-0.2, 0) is 0 Å². The molecule has 0 bridgehead atoms. The summed E-state index contributed by atoms with van der Waals surface area (Å²) in [5.74, 6) is 1.83. The number of hydrogen-bond acceptors (Lipinski definition) is 3. The third-order valence-electron chi connectivity index (χ3n) is 13.2. The largest absolute Gasteiger partial charge is 0.309 e. The van der Waals surface area contributed by atoms with Crippen LogP contribution in [0.4, 0.5) is 0 Å². The van der Waals surface area contributed by atoms with Gasteiger partial charge in [-0.2, -0.15) is 0 Å². The maximum absolute atomic E-state index is 5.32. The lowest BCUT2D eigenvalue weighted by Gasteiger charge is -2.17. The van der Waals surface area contributed by atoms with E-state index in [0.29, 0.717) is 17.5 Å². The van der Waals surface area contributed by atoms with Gasteiger partial charge in [-0.1, -0.05) is 200 Å². The fourth-order valence-corrected chi connectivity index (χ4v) is 10.2. The molecule has 10 aromatic carbocycles. The van der Waals surface area contributed by atoms with E-state index in [0.717, 1.165) is 72.4 Å². The van der Waals surface area contributed by atoms with Crippen molar-refractivity contribution in [1.29, 1.82) is 0 Å². The monoisotopic (exact) mass is 867 g/mol. The van der Waals surface area contributed by atoms with Gasteiger partial charge in [0.05, 0.1) is 27.8 Å². The van der Waals surface area contributed by atoms with E-state index < -0.39 is 0 Å². The first-order valence-electron chi connectivity index (χ1n) is 23.0. The molecule has 318 valence electrons. The second-order valence-corrected chi connectivity index (χ2v) is 17.1. The minimum absolute atomic E-state index is 0.594. The Morgan fingerprint density at radius 3 is 1.29 bits per heavy atom. The van der Waals surface area contributed by atoms with Crippen LogP contribution >= 0.6 is 0 Å². The topological polar surface area (TPSA) is 48.5 Å². The van der Waals surface area contributed by atoms with Gasteiger partial charge >= 0.3 is 0 Å². The molecule has 0 saturated carbocycles. The number of nitrogens with zero attached hydrogens (tertiary/aromatic N) is 5. The minimum atomic E-state index is 0.594. The first-order valence-corrected chi connectivity index (χ1v) is 23.0. The molecule has 5 nitrogen and oxygen atoms in total. The lowest BCUT2D eigenvalue weighted by Crippen LogP contribution is -2.04. The number of benzene rings is 10. The molecule has 0 unspecified atom stereocenters. The predicted octanol–water partition coefficient (Wildman–Crippen LogP) is 16.1. The molecular weight excluding hydrogens is 827 g/mol. The molecule has 0 atom stereocenters. The van der Waals surface area contributed by atoms with E-state index in [1.165, 1.54) is 32.6 Å². The molecule has 3 aromatic heterocycles. The quantitative estimate of drug-likeness (QED) is 0.153. The van der Waals surface area contributed by atoms with Gasteiger partial charge in [0.15, 0.2) is 17.5 Å². The molecule has 0 aliphatic heterocycles. The highest BCUT2D eigenvalue weighted by Crippen LogP contribution is 2.47. The third kappa shape index (κ3) is 6.51. The van der Waals surface area contributed by atoms with Crippen molar-refractivity contribution in [1.82, 2.24) is 24.1 Å². The molecule has 0 saturated heterocycles. The molecular formula is C63H41N5. The maximum Gasteiger partial charge on any atom is 0.166 e. The highest BCUT2D eigenvalue weighted by atomic mass is 15.1. The van der Waals surface area contributed by atoms with Gasteiger partial charge in [0.2, 0.25) is 0 Å². The summed E-state index contributed by atoms with van der Waals surface area (Å²) in [6.07, 6.45) is 0. The van der Waals surface area contributed by atoms with E-state index >= 15 is 0 Å². The van der Waals surface area contributed by atoms with Crippen molar-refractivity contribution in [2.45, 2.75) is 0 Å². The van der Waals surface area contributed by atoms with Gasteiger partial charge in [0, 0.05) is 43.9 Å². The number of hydrogen-bond donors (Lipinski definition) is 0. The maximum atomic E-state index is 5.32. The van der Waals surface area contributed by atoms with E-state index in [1.807, 2.05) is 36.4 Å². The Labute approximate surface area is 393 Å². The summed E-state index contributed by atoms with van der Waals surface area (Å²) < 4.78 is 4.85. The summed E-state index contributed by atoms with van der Waals surface area (Å²) in [7, 11) is 0. The van der Waals surface area contributed by atoms with Gasteiger partial charge in [-0.05, 0) is 81.9 Å². The van der Waals surface area contributed by atoms with Crippen molar-refractivity contribution in [2.75, 3.05) is 0 Å². The van der Waals surface area contributed by atoms with Crippen LogP contribution in [0.25, 0.3) is 123 Å². The first kappa shape index (κ1) is 39.2. The van der Waals surface area contributed by atoms with Crippen LogP contribution in [0.5, 0.6) is 0 Å². The van der Waals surface area contributed by atoms with Crippen molar-refractivity contribution >= 4 is 43.6 Å². The second kappa shape index (κ2) is 16.4. The standard InChI is InChI=1S/C63H41N5/c1-6-21-42(22-7-1)46-39-40-52(63-65-61(44-25-10-3-11-26-44)64-62(66-63)45-27-12-4-13-28-45)57(41-46)68-55-37-18-32-48(43-23-8-2-9-24-43)59(55)60-50(34-20-38-56(60)68)49-33-19-36-54-58(49)51-31-16-17-35-53(51)67(54)47-29-14-5-15-30-47/h1-41H. The van der Waals surface area contributed by atoms with E-state index in [-0.39, 0.29) is 0 Å². The van der Waals surface area contributed by atoms with Crippen LogP contribution in [0.1, 0.15) is 0 Å². The molecule has 68 heavy (non-hydrogen) atoms. The Kier molecular flexibility index (Phi) is 9.43. The highest BCUT2D eigenvalue weighted by Gasteiger charge is 2.25. The molecule has 0 amide bonds. The van der Waals surface area contributed by atoms with Crippen LogP contribution in [0.2, 0.25) is 0 Å². The van der Waals surface area contributed by atoms with Crippen LogP contribution in [0.3, 0.4) is 0 Å². The van der Waals surface area contributed by atoms with Crippen molar-refractivity contribution in [3.8, 4) is 78.9 Å². The van der Waals surface area contributed by atoms with Crippen molar-refractivity contribution in [3.63, 3.8) is 0 Å². The summed E-state index contributed by atoms with van der Waals surface area (Å²) in [5, 5.41) is 4.78. The van der Waals surface area contributed by atoms with Crippen LogP contribution in [0.15, 0.2) is 249 Å². The van der Waals surface area contributed by atoms with Gasteiger partial charge in [-0.25, -0.2) is 15.0 Å². The van der Waals surface area contributed by atoms with Crippen LogP contribution in [-0.4, -0.2) is 24.1 Å². The summed E-state index contributed by atoms with van der Waals surface area (Å²) >= 11 is 0. The lowest BCUT2D eigenvalue weighted by atomic mass is 9.92. The average Bonchev–Trinajstić information content (AvgIpc) is 3.95. The first-order chi connectivity index (χ1) is 33.8. The minimum Gasteiger partial charge on any atom is -0.309 e. The Morgan fingerprint density at radius 1 is 0.250 bits per heavy atom. The molecule has 0 spiro atoms. The molecule has 0 N–H and O–H groups in total. The smallest absolute Gasteiger partial charge is 0.166 e. The normalized spacial score (nSPS) is 11.5. The zero-order valence-electron chi connectivity index (χ0n) is 36.9. The summed E-state index contributed by atoms with van der Waals surface area (Å²) in [5.41, 5.74) is 16.2. The Morgan fingerprint density at radius 2 is 0.691 bits per heavy atom. The van der Waals surface area contributed by atoms with Crippen LogP contribution < -0.4 is 0 Å². The molecule has 0 fully saturated rings. The second-order valence-electron chi connectivity index (χ2n) is 17.1. The average molecular weight is 868 g/mol. The molecule has 13 rings (SSSR count). The van der Waals surface area contributed by atoms with Crippen molar-refractivity contribution in [3.05, 3.63) is 249 Å².